The molecule has 0 rings (SSSR count). The van der Waals surface area contributed by atoms with E-state index in [1.807, 2.05) is 55.4 Å². The Morgan fingerprint density at radius 3 is 0.417 bits per heavy atom. The van der Waals surface area contributed by atoms with Crippen molar-refractivity contribution in [1.82, 2.24) is 0 Å². The third kappa shape index (κ3) is 0. The van der Waals surface area contributed by atoms with Crippen LogP contribution in [-0.4, -0.2) is 0 Å². The number of hydrogen-bond donors (Lipinski definition) is 0. The van der Waals surface area contributed by atoms with Crippen molar-refractivity contribution in [2.45, 2.75) is 76.2 Å². The van der Waals surface area contributed by atoms with Crippen LogP contribution in [0.25, 0.3) is 0 Å². The molecule has 0 saturated heterocycles. The van der Waals surface area contributed by atoms with Gasteiger partial charge in [0.1, 0.15) is 0 Å². The first-order valence-corrected chi connectivity index (χ1v) is 5.73. The van der Waals surface area contributed by atoms with Gasteiger partial charge in [0, 0.05) is 0 Å². The van der Waals surface area contributed by atoms with Gasteiger partial charge < -0.3 is 0 Å². The molecule has 82 valence electrons. The van der Waals surface area contributed by atoms with E-state index in [-0.39, 0.29) is 0 Å². The maximum Gasteiger partial charge on any atom is -0.0500 e. The van der Waals surface area contributed by atoms with E-state index < -0.39 is 0 Å². The third-order valence-corrected chi connectivity index (χ3v) is 0. The highest BCUT2D eigenvalue weighted by molar-refractivity contribution is 4.20. The molecule has 0 fully saturated rings. The van der Waals surface area contributed by atoms with Gasteiger partial charge >= 0.3 is 0 Å². The molecule has 0 heterocycles. The molecule has 0 N–H and O–H groups in total. The van der Waals surface area contributed by atoms with Gasteiger partial charge in [-0.2, -0.15) is 0 Å². The van der Waals surface area contributed by atoms with Gasteiger partial charge in [-0.25, -0.2) is 0 Å². The average Bonchev–Trinajstić information content (AvgIpc) is 2.16. The minimum Gasteiger partial charge on any atom is -0.0683 e. The normalized spacial score (nSPS) is 5.00. The Bertz CT molecular complexity index is 4.75. The zero-order valence-corrected chi connectivity index (χ0v) is 11.6. The third-order valence-electron chi connectivity index (χ3n) is 0. The quantitative estimate of drug-likeness (QED) is 0.442. The monoisotopic (exact) mass is 178 g/mol. The molecular formula is C12H34. The Hall–Kier alpha value is 0. The lowest BCUT2D eigenvalue weighted by Crippen LogP contribution is -1.66. The Balaban J connectivity index is -0.0000000181. The zero-order valence-electron chi connectivity index (χ0n) is 11.6. The van der Waals surface area contributed by atoms with Gasteiger partial charge in [0.25, 0.3) is 0 Å². The van der Waals surface area contributed by atoms with Gasteiger partial charge in [-0.3, -0.25) is 0 Å². The van der Waals surface area contributed by atoms with E-state index >= 15 is 0 Å². The summed E-state index contributed by atoms with van der Waals surface area (Å²) in [5.41, 5.74) is 0. The summed E-state index contributed by atoms with van der Waals surface area (Å²) in [6.45, 7) is 22.5. The van der Waals surface area contributed by atoms with E-state index in [0.29, 0.717) is 0 Å². The molecule has 12 heavy (non-hydrogen) atoms. The van der Waals surface area contributed by atoms with E-state index in [2.05, 4.69) is 20.8 Å². The van der Waals surface area contributed by atoms with Crippen LogP contribution >= 0.6 is 0 Å². The molecule has 0 aliphatic carbocycles. The summed E-state index contributed by atoms with van der Waals surface area (Å²) in [5, 5.41) is 0. The number of hydrogen-bond acceptors (Lipinski definition) is 0. The molecule has 0 radical (unpaired) electrons. The first kappa shape index (κ1) is 29.6. The summed E-state index contributed by atoms with van der Waals surface area (Å²) >= 11 is 0. The Morgan fingerprint density at radius 2 is 0.417 bits per heavy atom. The second-order valence-corrected chi connectivity index (χ2v) is 1.73. The van der Waals surface area contributed by atoms with Gasteiger partial charge in [0.05, 0.1) is 0 Å². The van der Waals surface area contributed by atoms with Crippen molar-refractivity contribution < 1.29 is 0 Å². The maximum absolute atomic E-state index is 2.17. The molecule has 0 amide bonds. The summed E-state index contributed by atoms with van der Waals surface area (Å²) in [4.78, 5) is 0. The van der Waals surface area contributed by atoms with E-state index in [4.69, 9.17) is 0 Å². The van der Waals surface area contributed by atoms with Crippen molar-refractivity contribution in [3.8, 4) is 0 Å². The molecule has 0 bridgehead atoms. The van der Waals surface area contributed by atoms with Crippen LogP contribution in [0, 0.1) is 5.92 Å². The lowest BCUT2D eigenvalue weighted by Gasteiger charge is -1.79. The van der Waals surface area contributed by atoms with Crippen molar-refractivity contribution in [2.24, 2.45) is 5.92 Å². The SMILES string of the molecule is CC.CC.CC.CC.CC(C)C. The van der Waals surface area contributed by atoms with Crippen LogP contribution in [0.1, 0.15) is 76.2 Å². The van der Waals surface area contributed by atoms with E-state index in [1.165, 1.54) is 0 Å². The number of rotatable bonds is 0. The standard InChI is InChI=1S/C4H10.4C2H6/c1-4(2)3;4*1-2/h4H,1-3H3;4*1-2H3. The second-order valence-electron chi connectivity index (χ2n) is 1.73. The Labute approximate surface area is 82.8 Å². The summed E-state index contributed by atoms with van der Waals surface area (Å²) in [7, 11) is 0. The highest BCUT2D eigenvalue weighted by Crippen LogP contribution is 1.81. The minimum absolute atomic E-state index is 0.833. The molecule has 0 heteroatoms. The van der Waals surface area contributed by atoms with Gasteiger partial charge in [-0.15, -0.1) is 0 Å². The largest absolute Gasteiger partial charge is 0.0683 e. The van der Waals surface area contributed by atoms with Gasteiger partial charge in [0.15, 0.2) is 0 Å². The van der Waals surface area contributed by atoms with E-state index in [1.54, 1.807) is 0 Å². The highest BCUT2D eigenvalue weighted by Gasteiger charge is 1.68. The lowest BCUT2D eigenvalue weighted by molar-refractivity contribution is 0.737. The van der Waals surface area contributed by atoms with Crippen molar-refractivity contribution >= 4 is 0 Å². The van der Waals surface area contributed by atoms with Crippen LogP contribution < -0.4 is 0 Å². The second kappa shape index (κ2) is 122. The molecule has 0 aromatic carbocycles. The highest BCUT2D eigenvalue weighted by atomic mass is 13.7. The molecule has 0 aliphatic rings. The predicted octanol–water partition coefficient (Wildman–Crippen LogP) is 5.77. The molecule has 0 aromatic heterocycles. The molecular weight excluding hydrogens is 144 g/mol. The Morgan fingerprint density at radius 1 is 0.417 bits per heavy atom. The zero-order chi connectivity index (χ0) is 11.6. The van der Waals surface area contributed by atoms with Crippen LogP contribution in [0.5, 0.6) is 0 Å². The molecule has 0 unspecified atom stereocenters. The van der Waals surface area contributed by atoms with Crippen LogP contribution in [0.3, 0.4) is 0 Å². The van der Waals surface area contributed by atoms with Crippen molar-refractivity contribution in [1.29, 1.82) is 0 Å². The first-order chi connectivity index (χ1) is 5.73. The summed E-state index contributed by atoms with van der Waals surface area (Å²) in [6.07, 6.45) is 0. The summed E-state index contributed by atoms with van der Waals surface area (Å²) in [5.74, 6) is 0.833. The topological polar surface area (TPSA) is 0 Å². The van der Waals surface area contributed by atoms with Crippen molar-refractivity contribution in [3.05, 3.63) is 0 Å². The van der Waals surface area contributed by atoms with Crippen LogP contribution in [0.2, 0.25) is 0 Å². The molecule has 0 nitrogen and oxygen atoms in total. The van der Waals surface area contributed by atoms with E-state index in [0.717, 1.165) is 5.92 Å². The first-order valence-electron chi connectivity index (χ1n) is 5.73. The maximum atomic E-state index is 2.17. The van der Waals surface area contributed by atoms with Crippen LogP contribution in [-0.2, 0) is 0 Å². The molecule has 0 aliphatic heterocycles. The van der Waals surface area contributed by atoms with Gasteiger partial charge in [-0.05, 0) is 5.92 Å². The summed E-state index contributed by atoms with van der Waals surface area (Å²) < 4.78 is 0. The van der Waals surface area contributed by atoms with Crippen LogP contribution in [0.15, 0.2) is 0 Å². The van der Waals surface area contributed by atoms with E-state index in [9.17, 15) is 0 Å². The minimum atomic E-state index is 0.833. The van der Waals surface area contributed by atoms with Gasteiger partial charge in [0.2, 0.25) is 0 Å². The van der Waals surface area contributed by atoms with Crippen molar-refractivity contribution in [2.75, 3.05) is 0 Å². The molecule has 0 atom stereocenters. The Kier molecular flexibility index (Phi) is 302. The summed E-state index contributed by atoms with van der Waals surface area (Å²) in [6, 6.07) is 0. The molecule has 0 spiro atoms. The lowest BCUT2D eigenvalue weighted by atomic mass is 10.3. The predicted molar refractivity (Wildman–Crippen MR) is 65.9 cm³/mol. The average molecular weight is 178 g/mol. The van der Waals surface area contributed by atoms with Crippen molar-refractivity contribution in [3.63, 3.8) is 0 Å². The fourth-order valence-electron chi connectivity index (χ4n) is 0. The molecule has 0 aromatic rings. The smallest absolute Gasteiger partial charge is 0.0500 e. The fourth-order valence-corrected chi connectivity index (χ4v) is 0. The molecule has 0 saturated carbocycles. The van der Waals surface area contributed by atoms with Crippen LogP contribution in [0.4, 0.5) is 0 Å². The van der Waals surface area contributed by atoms with Gasteiger partial charge in [-0.1, -0.05) is 76.2 Å². The fraction of sp³-hybridized carbons (Fsp3) is 1.00.